The van der Waals surface area contributed by atoms with Gasteiger partial charge < -0.3 is 11.1 Å². The highest BCUT2D eigenvalue weighted by Crippen LogP contribution is 2.08. The lowest BCUT2D eigenvalue weighted by molar-refractivity contribution is 0.592. The van der Waals surface area contributed by atoms with E-state index in [1.54, 1.807) is 6.92 Å². The lowest BCUT2D eigenvalue weighted by Crippen LogP contribution is -2.21. The number of hydrogen-bond acceptors (Lipinski definition) is 4. The Hall–Kier alpha value is -1.52. The summed E-state index contributed by atoms with van der Waals surface area (Å²) in [6.07, 6.45) is 1.08. The molecule has 1 heterocycles. The molecular weight excluding hydrogens is 192 g/mol. The highest BCUT2D eigenvalue weighted by atomic mass is 16.1. The second-order valence-corrected chi connectivity index (χ2v) is 3.81. The Kier molecular flexibility index (Phi) is 3.71. The molecule has 0 amide bonds. The van der Waals surface area contributed by atoms with Crippen LogP contribution in [-0.2, 0) is 0 Å². The molecule has 1 aromatic rings. The van der Waals surface area contributed by atoms with Gasteiger partial charge in [0.2, 0.25) is 5.95 Å². The zero-order chi connectivity index (χ0) is 11.4. The summed E-state index contributed by atoms with van der Waals surface area (Å²) in [6, 6.07) is 0. The first kappa shape index (κ1) is 11.6. The van der Waals surface area contributed by atoms with Crippen LogP contribution in [0.1, 0.15) is 26.0 Å². The maximum absolute atomic E-state index is 11.5. The Morgan fingerprint density at radius 1 is 1.60 bits per heavy atom. The van der Waals surface area contributed by atoms with E-state index in [1.807, 2.05) is 0 Å². The summed E-state index contributed by atoms with van der Waals surface area (Å²) < 4.78 is 0. The van der Waals surface area contributed by atoms with Crippen molar-refractivity contribution in [3.8, 4) is 0 Å². The molecule has 0 radical (unpaired) electrons. The molecule has 0 aliphatic carbocycles. The highest BCUT2D eigenvalue weighted by molar-refractivity contribution is 5.47. The second-order valence-electron chi connectivity index (χ2n) is 3.81. The third kappa shape index (κ3) is 2.97. The van der Waals surface area contributed by atoms with E-state index in [0.717, 1.165) is 13.0 Å². The first-order chi connectivity index (χ1) is 7.04. The number of anilines is 2. The Morgan fingerprint density at radius 2 is 2.27 bits per heavy atom. The van der Waals surface area contributed by atoms with E-state index in [0.29, 0.717) is 17.3 Å². The van der Waals surface area contributed by atoms with Crippen LogP contribution in [0.15, 0.2) is 4.79 Å². The molecule has 1 rings (SSSR count). The van der Waals surface area contributed by atoms with Gasteiger partial charge in [-0.2, -0.15) is 0 Å². The smallest absolute Gasteiger partial charge is 0.275 e. The molecule has 0 aliphatic heterocycles. The van der Waals surface area contributed by atoms with Crippen LogP contribution in [0, 0.1) is 12.8 Å². The zero-order valence-corrected chi connectivity index (χ0v) is 9.42. The Labute approximate surface area is 89.1 Å². The van der Waals surface area contributed by atoms with Crippen molar-refractivity contribution in [2.75, 3.05) is 17.6 Å². The average molecular weight is 210 g/mol. The predicted molar refractivity (Wildman–Crippen MR) is 62.0 cm³/mol. The maximum Gasteiger partial charge on any atom is 0.275 e. The van der Waals surface area contributed by atoms with E-state index in [1.165, 1.54) is 0 Å². The molecule has 0 spiro atoms. The summed E-state index contributed by atoms with van der Waals surface area (Å²) in [5.41, 5.74) is 6.37. The van der Waals surface area contributed by atoms with Gasteiger partial charge in [0.15, 0.2) is 0 Å². The monoisotopic (exact) mass is 210 g/mol. The third-order valence-electron chi connectivity index (χ3n) is 2.44. The fraction of sp³-hybridized carbons (Fsp3) is 0.600. The number of nitrogens with zero attached hydrogens (tertiary/aromatic N) is 1. The van der Waals surface area contributed by atoms with Gasteiger partial charge in [-0.15, -0.1) is 0 Å². The lowest BCUT2D eigenvalue weighted by Gasteiger charge is -2.12. The van der Waals surface area contributed by atoms with Gasteiger partial charge in [-0.1, -0.05) is 20.3 Å². The molecule has 15 heavy (non-hydrogen) atoms. The summed E-state index contributed by atoms with van der Waals surface area (Å²) >= 11 is 0. The normalized spacial score (nSPS) is 12.5. The molecular formula is C10H18N4O. The van der Waals surface area contributed by atoms with Crippen LogP contribution in [0.25, 0.3) is 0 Å². The van der Waals surface area contributed by atoms with Gasteiger partial charge >= 0.3 is 0 Å². The predicted octanol–water partition coefficient (Wildman–Crippen LogP) is 1.12. The van der Waals surface area contributed by atoms with Gasteiger partial charge in [0.25, 0.3) is 5.56 Å². The number of rotatable bonds is 4. The number of aromatic amines is 1. The van der Waals surface area contributed by atoms with Gasteiger partial charge in [-0.25, -0.2) is 4.98 Å². The first-order valence-electron chi connectivity index (χ1n) is 5.14. The molecule has 1 unspecified atom stereocenters. The fourth-order valence-corrected chi connectivity index (χ4v) is 1.24. The first-order valence-corrected chi connectivity index (χ1v) is 5.14. The average Bonchev–Trinajstić information content (AvgIpc) is 2.15. The van der Waals surface area contributed by atoms with E-state index >= 15 is 0 Å². The minimum Gasteiger partial charge on any atom is -0.379 e. The Bertz CT molecular complexity index is 385. The van der Waals surface area contributed by atoms with E-state index in [4.69, 9.17) is 5.73 Å². The van der Waals surface area contributed by atoms with Crippen molar-refractivity contribution < 1.29 is 0 Å². The highest BCUT2D eigenvalue weighted by Gasteiger charge is 2.07. The molecule has 5 nitrogen and oxygen atoms in total. The molecule has 0 bridgehead atoms. The maximum atomic E-state index is 11.5. The van der Waals surface area contributed by atoms with Crippen molar-refractivity contribution in [1.29, 1.82) is 0 Å². The molecule has 84 valence electrons. The van der Waals surface area contributed by atoms with E-state index in [9.17, 15) is 4.79 Å². The largest absolute Gasteiger partial charge is 0.379 e. The summed E-state index contributed by atoms with van der Waals surface area (Å²) in [7, 11) is 0. The van der Waals surface area contributed by atoms with Crippen molar-refractivity contribution >= 4 is 11.6 Å². The molecule has 0 saturated heterocycles. The molecule has 0 aliphatic rings. The number of nitrogens with two attached hydrogens (primary N) is 1. The van der Waals surface area contributed by atoms with Gasteiger partial charge in [0.05, 0.1) is 5.69 Å². The molecule has 4 N–H and O–H groups in total. The number of nitrogens with one attached hydrogen (secondary N) is 2. The second kappa shape index (κ2) is 4.82. The quantitative estimate of drug-likeness (QED) is 0.695. The van der Waals surface area contributed by atoms with Crippen molar-refractivity contribution in [3.63, 3.8) is 0 Å². The topological polar surface area (TPSA) is 83.8 Å². The van der Waals surface area contributed by atoms with Gasteiger partial charge in [0, 0.05) is 6.54 Å². The van der Waals surface area contributed by atoms with E-state index < -0.39 is 0 Å². The summed E-state index contributed by atoms with van der Waals surface area (Å²) in [5.74, 6) is 0.688. The van der Waals surface area contributed by atoms with E-state index in [2.05, 4.69) is 29.1 Å². The molecule has 1 aromatic heterocycles. The van der Waals surface area contributed by atoms with Crippen molar-refractivity contribution in [2.45, 2.75) is 27.2 Å². The van der Waals surface area contributed by atoms with E-state index in [-0.39, 0.29) is 11.5 Å². The standard InChI is InChI=1S/C10H18N4O/c1-4-6(2)5-12-8-7(3)13-10(11)14-9(8)15/h6,12H,4-5H2,1-3H3,(H3,11,13,14,15). The molecule has 0 aromatic carbocycles. The van der Waals surface area contributed by atoms with Gasteiger partial charge in [-0.3, -0.25) is 9.78 Å². The SMILES string of the molecule is CCC(C)CNc1c(C)nc(N)[nH]c1=O. The third-order valence-corrected chi connectivity index (χ3v) is 2.44. The summed E-state index contributed by atoms with van der Waals surface area (Å²) in [5, 5.41) is 3.10. The van der Waals surface area contributed by atoms with Crippen LogP contribution in [0.3, 0.4) is 0 Å². The molecule has 5 heteroatoms. The van der Waals surface area contributed by atoms with Crippen molar-refractivity contribution in [3.05, 3.63) is 16.0 Å². The summed E-state index contributed by atoms with van der Waals surface area (Å²) in [6.45, 7) is 6.78. The van der Waals surface area contributed by atoms with Gasteiger partial charge in [-0.05, 0) is 12.8 Å². The minimum absolute atomic E-state index is 0.159. The summed E-state index contributed by atoms with van der Waals surface area (Å²) in [4.78, 5) is 18.0. The van der Waals surface area contributed by atoms with Gasteiger partial charge in [0.1, 0.15) is 5.69 Å². The van der Waals surface area contributed by atoms with Crippen molar-refractivity contribution in [2.24, 2.45) is 5.92 Å². The Balaban J connectivity index is 2.82. The number of aromatic nitrogens is 2. The number of H-pyrrole nitrogens is 1. The Morgan fingerprint density at radius 3 is 2.80 bits per heavy atom. The van der Waals surface area contributed by atoms with Crippen LogP contribution >= 0.6 is 0 Å². The van der Waals surface area contributed by atoms with Crippen LogP contribution in [0.2, 0.25) is 0 Å². The number of hydrogen-bond donors (Lipinski definition) is 3. The van der Waals surface area contributed by atoms with Crippen molar-refractivity contribution in [1.82, 2.24) is 9.97 Å². The fourth-order valence-electron chi connectivity index (χ4n) is 1.24. The zero-order valence-electron chi connectivity index (χ0n) is 9.42. The lowest BCUT2D eigenvalue weighted by atomic mass is 10.1. The van der Waals surface area contributed by atoms with Crippen LogP contribution in [-0.4, -0.2) is 16.5 Å². The number of nitrogen functional groups attached to an aromatic ring is 1. The molecule has 1 atom stereocenters. The van der Waals surface area contributed by atoms with Crippen LogP contribution in [0.5, 0.6) is 0 Å². The molecule has 0 fully saturated rings. The number of aryl methyl sites for hydroxylation is 1. The molecule has 0 saturated carbocycles. The minimum atomic E-state index is -0.205. The van der Waals surface area contributed by atoms with Crippen LogP contribution < -0.4 is 16.6 Å². The van der Waals surface area contributed by atoms with Crippen LogP contribution in [0.4, 0.5) is 11.6 Å².